The molecule has 27 heavy (non-hydrogen) atoms. The third-order valence-electron chi connectivity index (χ3n) is 4.52. The minimum atomic E-state index is -0.255. The molecule has 0 aliphatic carbocycles. The van der Waals surface area contributed by atoms with Crippen LogP contribution in [0.15, 0.2) is 42.5 Å². The lowest BCUT2D eigenvalue weighted by Gasteiger charge is -2.29. The largest absolute Gasteiger partial charge is 0.497 e. The minimum absolute atomic E-state index is 0.0962. The molecule has 2 amide bonds. The first kappa shape index (κ1) is 18.8. The summed E-state index contributed by atoms with van der Waals surface area (Å²) in [7, 11) is 1.59. The Kier molecular flexibility index (Phi) is 5.96. The predicted octanol–water partition coefficient (Wildman–Crippen LogP) is 3.40. The van der Waals surface area contributed by atoms with Gasteiger partial charge in [0.1, 0.15) is 11.5 Å². The predicted molar refractivity (Wildman–Crippen MR) is 105 cm³/mol. The summed E-state index contributed by atoms with van der Waals surface area (Å²) < 4.78 is 10.6. The Hall–Kier alpha value is -3.02. The third kappa shape index (κ3) is 4.58. The summed E-state index contributed by atoms with van der Waals surface area (Å²) in [4.78, 5) is 26.2. The molecule has 0 saturated heterocycles. The number of ether oxygens (including phenoxy) is 2. The highest BCUT2D eigenvalue weighted by atomic mass is 16.5. The van der Waals surface area contributed by atoms with Gasteiger partial charge in [0, 0.05) is 24.3 Å². The minimum Gasteiger partial charge on any atom is -0.497 e. The van der Waals surface area contributed by atoms with Crippen LogP contribution in [0.1, 0.15) is 25.3 Å². The van der Waals surface area contributed by atoms with Crippen molar-refractivity contribution >= 4 is 23.2 Å². The lowest BCUT2D eigenvalue weighted by atomic mass is 10.0. The number of nitrogens with one attached hydrogen (secondary N) is 1. The maximum absolute atomic E-state index is 12.2. The molecule has 0 fully saturated rings. The molecule has 6 nitrogen and oxygen atoms in total. The summed E-state index contributed by atoms with van der Waals surface area (Å²) >= 11 is 0. The Balaban J connectivity index is 1.63. The van der Waals surface area contributed by atoms with E-state index in [0.717, 1.165) is 36.4 Å². The molecule has 1 aliphatic heterocycles. The summed E-state index contributed by atoms with van der Waals surface area (Å²) in [6, 6.07) is 12.8. The lowest BCUT2D eigenvalue weighted by Crippen LogP contribution is -2.35. The molecule has 0 radical (unpaired) electrons. The molecule has 0 saturated carbocycles. The Morgan fingerprint density at radius 2 is 1.85 bits per heavy atom. The maximum atomic E-state index is 12.2. The second-order valence-electron chi connectivity index (χ2n) is 6.36. The normalized spacial score (nSPS) is 12.9. The molecule has 2 aromatic carbocycles. The topological polar surface area (TPSA) is 67.9 Å². The van der Waals surface area contributed by atoms with Crippen LogP contribution in [-0.4, -0.2) is 32.1 Å². The Bertz CT molecular complexity index is 817. The fourth-order valence-electron chi connectivity index (χ4n) is 3.12. The van der Waals surface area contributed by atoms with Crippen LogP contribution in [0.4, 0.5) is 11.4 Å². The Morgan fingerprint density at radius 1 is 1.11 bits per heavy atom. The summed E-state index contributed by atoms with van der Waals surface area (Å²) in [5.74, 6) is 1.17. The van der Waals surface area contributed by atoms with Gasteiger partial charge >= 0.3 is 0 Å². The van der Waals surface area contributed by atoms with Crippen molar-refractivity contribution in [2.75, 3.05) is 30.5 Å². The van der Waals surface area contributed by atoms with E-state index < -0.39 is 0 Å². The number of nitrogens with zero attached hydrogens (tertiary/aromatic N) is 1. The number of hydrogen-bond donors (Lipinski definition) is 1. The van der Waals surface area contributed by atoms with E-state index in [2.05, 4.69) is 5.32 Å². The number of methoxy groups -OCH3 is 1. The van der Waals surface area contributed by atoms with Crippen molar-refractivity contribution < 1.29 is 19.1 Å². The van der Waals surface area contributed by atoms with Gasteiger partial charge in [-0.25, -0.2) is 0 Å². The van der Waals surface area contributed by atoms with Gasteiger partial charge in [-0.1, -0.05) is 13.0 Å². The molecular weight excluding hydrogens is 344 g/mol. The van der Waals surface area contributed by atoms with Crippen LogP contribution >= 0.6 is 0 Å². The molecule has 0 bridgehead atoms. The van der Waals surface area contributed by atoms with Gasteiger partial charge < -0.3 is 19.7 Å². The number of benzene rings is 2. The molecule has 6 heteroatoms. The molecule has 2 aromatic rings. The standard InChI is InChI=1S/C21H24N2O4/c1-3-21(25)23-12-4-5-15-6-7-16(13-19(15)23)22-20(24)14-27-18-10-8-17(26-2)9-11-18/h6-11,13H,3-5,12,14H2,1-2H3,(H,22,24). The van der Waals surface area contributed by atoms with Crippen LogP contribution in [0.3, 0.4) is 0 Å². The average molecular weight is 368 g/mol. The van der Waals surface area contributed by atoms with E-state index >= 15 is 0 Å². The van der Waals surface area contributed by atoms with Crippen LogP contribution in [0.5, 0.6) is 11.5 Å². The van der Waals surface area contributed by atoms with E-state index in [1.165, 1.54) is 0 Å². The van der Waals surface area contributed by atoms with Crippen LogP contribution in [0.25, 0.3) is 0 Å². The zero-order valence-electron chi connectivity index (χ0n) is 15.7. The second kappa shape index (κ2) is 8.58. The van der Waals surface area contributed by atoms with E-state index in [9.17, 15) is 9.59 Å². The Morgan fingerprint density at radius 3 is 2.56 bits per heavy atom. The maximum Gasteiger partial charge on any atom is 0.262 e. The van der Waals surface area contributed by atoms with Crippen molar-refractivity contribution in [3.63, 3.8) is 0 Å². The fraction of sp³-hybridized carbons (Fsp3) is 0.333. The number of rotatable bonds is 6. The van der Waals surface area contributed by atoms with Gasteiger partial charge in [0.15, 0.2) is 6.61 Å². The number of hydrogen-bond acceptors (Lipinski definition) is 4. The molecule has 142 valence electrons. The monoisotopic (exact) mass is 368 g/mol. The molecule has 1 heterocycles. The fourth-order valence-corrected chi connectivity index (χ4v) is 3.12. The first-order valence-electron chi connectivity index (χ1n) is 9.10. The van der Waals surface area contributed by atoms with E-state index in [1.807, 2.05) is 30.0 Å². The van der Waals surface area contributed by atoms with Gasteiger partial charge in [0.25, 0.3) is 5.91 Å². The average Bonchev–Trinajstić information content (AvgIpc) is 2.71. The molecule has 0 aromatic heterocycles. The summed E-state index contributed by atoms with van der Waals surface area (Å²) in [6.45, 7) is 2.48. The Labute approximate surface area is 159 Å². The van der Waals surface area contributed by atoms with Gasteiger partial charge in [-0.2, -0.15) is 0 Å². The van der Waals surface area contributed by atoms with Gasteiger partial charge in [-0.05, 0) is 54.8 Å². The lowest BCUT2D eigenvalue weighted by molar-refractivity contribution is -0.119. The highest BCUT2D eigenvalue weighted by Gasteiger charge is 2.21. The number of fused-ring (bicyclic) bond motifs is 1. The first-order valence-corrected chi connectivity index (χ1v) is 9.10. The van der Waals surface area contributed by atoms with E-state index in [-0.39, 0.29) is 18.4 Å². The molecule has 0 spiro atoms. The van der Waals surface area contributed by atoms with Crippen molar-refractivity contribution in [3.8, 4) is 11.5 Å². The molecular formula is C21H24N2O4. The van der Waals surface area contributed by atoms with Crippen molar-refractivity contribution in [2.24, 2.45) is 0 Å². The van der Waals surface area contributed by atoms with E-state index in [0.29, 0.717) is 17.9 Å². The van der Waals surface area contributed by atoms with Crippen molar-refractivity contribution in [3.05, 3.63) is 48.0 Å². The number of anilines is 2. The van der Waals surface area contributed by atoms with Crippen LogP contribution < -0.4 is 19.7 Å². The molecule has 0 atom stereocenters. The quantitative estimate of drug-likeness (QED) is 0.849. The van der Waals surface area contributed by atoms with Gasteiger partial charge in [0.2, 0.25) is 5.91 Å². The van der Waals surface area contributed by atoms with Crippen molar-refractivity contribution in [2.45, 2.75) is 26.2 Å². The van der Waals surface area contributed by atoms with Crippen LogP contribution in [-0.2, 0) is 16.0 Å². The highest BCUT2D eigenvalue weighted by Crippen LogP contribution is 2.30. The first-order chi connectivity index (χ1) is 13.1. The van der Waals surface area contributed by atoms with Crippen LogP contribution in [0, 0.1) is 0 Å². The highest BCUT2D eigenvalue weighted by molar-refractivity contribution is 5.97. The molecule has 3 rings (SSSR count). The number of carbonyl (C=O) groups is 2. The second-order valence-corrected chi connectivity index (χ2v) is 6.36. The zero-order chi connectivity index (χ0) is 19.2. The summed E-state index contributed by atoms with van der Waals surface area (Å²) in [6.07, 6.45) is 2.36. The summed E-state index contributed by atoms with van der Waals surface area (Å²) in [5, 5.41) is 2.84. The zero-order valence-corrected chi connectivity index (χ0v) is 15.7. The SMILES string of the molecule is CCC(=O)N1CCCc2ccc(NC(=O)COc3ccc(OC)cc3)cc21. The van der Waals surface area contributed by atoms with Crippen molar-refractivity contribution in [1.29, 1.82) is 0 Å². The number of carbonyl (C=O) groups excluding carboxylic acids is 2. The van der Waals surface area contributed by atoms with Gasteiger partial charge in [-0.3, -0.25) is 9.59 Å². The number of aryl methyl sites for hydroxylation is 1. The molecule has 1 N–H and O–H groups in total. The smallest absolute Gasteiger partial charge is 0.262 e. The molecule has 1 aliphatic rings. The van der Waals surface area contributed by atoms with Crippen LogP contribution in [0.2, 0.25) is 0 Å². The van der Waals surface area contributed by atoms with Gasteiger partial charge in [-0.15, -0.1) is 0 Å². The summed E-state index contributed by atoms with van der Waals surface area (Å²) in [5.41, 5.74) is 2.69. The van der Waals surface area contributed by atoms with Gasteiger partial charge in [0.05, 0.1) is 7.11 Å². The van der Waals surface area contributed by atoms with Crippen molar-refractivity contribution in [1.82, 2.24) is 0 Å². The molecule has 0 unspecified atom stereocenters. The third-order valence-corrected chi connectivity index (χ3v) is 4.52. The van der Waals surface area contributed by atoms with E-state index in [1.54, 1.807) is 31.4 Å². The van der Waals surface area contributed by atoms with E-state index in [4.69, 9.17) is 9.47 Å². The number of amides is 2.